The van der Waals surface area contributed by atoms with Crippen molar-refractivity contribution in [2.24, 2.45) is 5.73 Å². The van der Waals surface area contributed by atoms with Crippen LogP contribution in [0.1, 0.15) is 5.69 Å². The highest BCUT2D eigenvalue weighted by molar-refractivity contribution is 6.34. The van der Waals surface area contributed by atoms with Gasteiger partial charge in [-0.1, -0.05) is 23.7 Å². The molecule has 0 saturated carbocycles. The second kappa shape index (κ2) is 3.28. The van der Waals surface area contributed by atoms with E-state index in [0.29, 0.717) is 11.6 Å². The molecule has 0 unspecified atom stereocenters. The molecule has 0 bridgehead atoms. The zero-order valence-electron chi connectivity index (χ0n) is 6.87. The minimum atomic E-state index is 0.398. The van der Waals surface area contributed by atoms with E-state index in [1.54, 1.807) is 6.07 Å². The van der Waals surface area contributed by atoms with Crippen molar-refractivity contribution in [2.45, 2.75) is 6.54 Å². The van der Waals surface area contributed by atoms with Crippen LogP contribution in [0.2, 0.25) is 5.02 Å². The van der Waals surface area contributed by atoms with Gasteiger partial charge in [0.15, 0.2) is 0 Å². The van der Waals surface area contributed by atoms with E-state index < -0.39 is 0 Å². The average Bonchev–Trinajstić information content (AvgIpc) is 2.18. The normalized spacial score (nSPS) is 10.6. The van der Waals surface area contributed by atoms with E-state index in [1.807, 2.05) is 18.2 Å². The topological polar surface area (TPSA) is 51.8 Å². The Kier molecular flexibility index (Phi) is 2.12. The lowest BCUT2D eigenvalue weighted by atomic mass is 10.2. The van der Waals surface area contributed by atoms with Gasteiger partial charge in [-0.25, -0.2) is 0 Å². The van der Waals surface area contributed by atoms with Crippen molar-refractivity contribution in [1.82, 2.24) is 10.2 Å². The van der Waals surface area contributed by atoms with Crippen LogP contribution in [-0.4, -0.2) is 10.2 Å². The molecule has 0 atom stereocenters. The largest absolute Gasteiger partial charge is 0.325 e. The second-order valence-corrected chi connectivity index (χ2v) is 3.12. The molecule has 0 amide bonds. The fourth-order valence-corrected chi connectivity index (χ4v) is 1.40. The monoisotopic (exact) mass is 193 g/mol. The number of aromatic nitrogens is 2. The SMILES string of the molecule is NCc1cc2cccc(Cl)c2nn1. The van der Waals surface area contributed by atoms with E-state index in [2.05, 4.69) is 10.2 Å². The van der Waals surface area contributed by atoms with Gasteiger partial charge in [-0.05, 0) is 12.1 Å². The van der Waals surface area contributed by atoms with Gasteiger partial charge >= 0.3 is 0 Å². The van der Waals surface area contributed by atoms with Crippen molar-refractivity contribution in [3.05, 3.63) is 35.0 Å². The summed E-state index contributed by atoms with van der Waals surface area (Å²) in [7, 11) is 0. The molecule has 0 radical (unpaired) electrons. The van der Waals surface area contributed by atoms with Crippen LogP contribution in [0.3, 0.4) is 0 Å². The number of hydrogen-bond donors (Lipinski definition) is 1. The maximum Gasteiger partial charge on any atom is 0.112 e. The molecule has 0 aliphatic carbocycles. The summed E-state index contributed by atoms with van der Waals surface area (Å²) >= 11 is 5.92. The van der Waals surface area contributed by atoms with E-state index in [9.17, 15) is 0 Å². The first-order valence-corrected chi connectivity index (χ1v) is 4.30. The van der Waals surface area contributed by atoms with Crippen LogP contribution in [0.5, 0.6) is 0 Å². The van der Waals surface area contributed by atoms with E-state index >= 15 is 0 Å². The molecule has 0 fully saturated rings. The first-order chi connectivity index (χ1) is 6.31. The number of hydrogen-bond acceptors (Lipinski definition) is 3. The average molecular weight is 194 g/mol. The molecule has 1 aromatic carbocycles. The second-order valence-electron chi connectivity index (χ2n) is 2.72. The third kappa shape index (κ3) is 1.48. The van der Waals surface area contributed by atoms with Crippen LogP contribution >= 0.6 is 11.6 Å². The van der Waals surface area contributed by atoms with E-state index in [4.69, 9.17) is 17.3 Å². The van der Waals surface area contributed by atoms with Crippen molar-refractivity contribution in [1.29, 1.82) is 0 Å². The zero-order valence-corrected chi connectivity index (χ0v) is 7.62. The number of nitrogens with two attached hydrogens (primary N) is 1. The van der Waals surface area contributed by atoms with Crippen molar-refractivity contribution in [3.63, 3.8) is 0 Å². The number of benzene rings is 1. The van der Waals surface area contributed by atoms with Gasteiger partial charge in [0.25, 0.3) is 0 Å². The maximum atomic E-state index is 5.92. The van der Waals surface area contributed by atoms with Crippen LogP contribution in [0.4, 0.5) is 0 Å². The first kappa shape index (κ1) is 8.41. The van der Waals surface area contributed by atoms with Crippen LogP contribution in [-0.2, 0) is 6.54 Å². The molecule has 2 aromatic rings. The summed E-state index contributed by atoms with van der Waals surface area (Å²) in [4.78, 5) is 0. The Labute approximate surface area is 80.5 Å². The lowest BCUT2D eigenvalue weighted by Gasteiger charge is -1.99. The number of rotatable bonds is 1. The van der Waals surface area contributed by atoms with Gasteiger partial charge in [-0.15, -0.1) is 5.10 Å². The zero-order chi connectivity index (χ0) is 9.26. The fraction of sp³-hybridized carbons (Fsp3) is 0.111. The van der Waals surface area contributed by atoms with Gasteiger partial charge in [0.2, 0.25) is 0 Å². The summed E-state index contributed by atoms with van der Waals surface area (Å²) in [5, 5.41) is 9.51. The number of nitrogens with zero attached hydrogens (tertiary/aromatic N) is 2. The van der Waals surface area contributed by atoms with Gasteiger partial charge in [0.1, 0.15) is 5.52 Å². The molecule has 4 heteroatoms. The van der Waals surface area contributed by atoms with Crippen LogP contribution < -0.4 is 5.73 Å². The molecule has 1 heterocycles. The third-order valence-electron chi connectivity index (χ3n) is 1.83. The van der Waals surface area contributed by atoms with Crippen LogP contribution in [0.15, 0.2) is 24.3 Å². The summed E-state index contributed by atoms with van der Waals surface area (Å²) in [6.07, 6.45) is 0. The van der Waals surface area contributed by atoms with Gasteiger partial charge in [0, 0.05) is 11.9 Å². The molecule has 2 rings (SSSR count). The molecule has 0 aliphatic heterocycles. The molecule has 3 nitrogen and oxygen atoms in total. The predicted molar refractivity (Wildman–Crippen MR) is 52.4 cm³/mol. The summed E-state index contributed by atoms with van der Waals surface area (Å²) in [5.74, 6) is 0. The highest BCUT2D eigenvalue weighted by Gasteiger charge is 2.01. The lowest BCUT2D eigenvalue weighted by Crippen LogP contribution is -2.00. The van der Waals surface area contributed by atoms with Crippen LogP contribution in [0, 0.1) is 0 Å². The minimum absolute atomic E-state index is 0.398. The number of halogens is 1. The van der Waals surface area contributed by atoms with Gasteiger partial charge in [-0.2, -0.15) is 5.10 Å². The Morgan fingerprint density at radius 3 is 2.92 bits per heavy atom. The molecule has 66 valence electrons. The third-order valence-corrected chi connectivity index (χ3v) is 2.13. The van der Waals surface area contributed by atoms with E-state index in [1.165, 1.54) is 0 Å². The van der Waals surface area contributed by atoms with Crippen molar-refractivity contribution in [3.8, 4) is 0 Å². The van der Waals surface area contributed by atoms with Gasteiger partial charge < -0.3 is 5.73 Å². The highest BCUT2D eigenvalue weighted by atomic mass is 35.5. The van der Waals surface area contributed by atoms with Crippen molar-refractivity contribution >= 4 is 22.5 Å². The Morgan fingerprint density at radius 1 is 1.31 bits per heavy atom. The molecule has 13 heavy (non-hydrogen) atoms. The molecule has 1 aromatic heterocycles. The highest BCUT2D eigenvalue weighted by Crippen LogP contribution is 2.20. The van der Waals surface area contributed by atoms with Crippen LogP contribution in [0.25, 0.3) is 10.9 Å². The quantitative estimate of drug-likeness (QED) is 0.751. The lowest BCUT2D eigenvalue weighted by molar-refractivity contribution is 0.920. The molecule has 0 saturated heterocycles. The van der Waals surface area contributed by atoms with E-state index in [0.717, 1.165) is 16.6 Å². The van der Waals surface area contributed by atoms with Gasteiger partial charge in [-0.3, -0.25) is 0 Å². The Balaban J connectivity index is 2.72. The molecule has 0 spiro atoms. The Bertz CT molecular complexity index is 442. The smallest absolute Gasteiger partial charge is 0.112 e. The van der Waals surface area contributed by atoms with E-state index in [-0.39, 0.29) is 0 Å². The summed E-state index contributed by atoms with van der Waals surface area (Å²) < 4.78 is 0. The summed E-state index contributed by atoms with van der Waals surface area (Å²) in [5.41, 5.74) is 6.94. The summed E-state index contributed by atoms with van der Waals surface area (Å²) in [6, 6.07) is 7.51. The van der Waals surface area contributed by atoms with Crippen molar-refractivity contribution < 1.29 is 0 Å². The minimum Gasteiger partial charge on any atom is -0.325 e. The molecule has 0 aliphatic rings. The molecular weight excluding hydrogens is 186 g/mol. The standard InChI is InChI=1S/C9H8ClN3/c10-8-3-1-2-6-4-7(5-11)12-13-9(6)8/h1-4H,5,11H2. The van der Waals surface area contributed by atoms with Crippen molar-refractivity contribution in [2.75, 3.05) is 0 Å². The van der Waals surface area contributed by atoms with Gasteiger partial charge in [0.05, 0.1) is 10.7 Å². The predicted octanol–water partition coefficient (Wildman–Crippen LogP) is 1.74. The number of fused-ring (bicyclic) bond motifs is 1. The fourth-order valence-electron chi connectivity index (χ4n) is 1.18. The summed E-state index contributed by atoms with van der Waals surface area (Å²) in [6.45, 7) is 0.398. The Morgan fingerprint density at radius 2 is 2.15 bits per heavy atom. The maximum absolute atomic E-state index is 5.92. The molecule has 2 N–H and O–H groups in total. The first-order valence-electron chi connectivity index (χ1n) is 3.92. The Hall–Kier alpha value is -1.19. The molecular formula is C9H8ClN3.